The lowest BCUT2D eigenvalue weighted by Gasteiger charge is -2.41. The van der Waals surface area contributed by atoms with Crippen molar-refractivity contribution in [2.75, 3.05) is 15.8 Å². The summed E-state index contributed by atoms with van der Waals surface area (Å²) in [6, 6.07) is 13.0. The minimum atomic E-state index is -4.10. The Kier molecular flexibility index (Phi) is 6.49. The van der Waals surface area contributed by atoms with E-state index in [-0.39, 0.29) is 47.6 Å². The zero-order valence-electron chi connectivity index (χ0n) is 22.0. The summed E-state index contributed by atoms with van der Waals surface area (Å²) in [6.07, 6.45) is 3.88. The number of halogens is 1. The lowest BCUT2D eigenvalue weighted by atomic mass is 9.70. The number of fused-ring (bicyclic) bond motifs is 2. The van der Waals surface area contributed by atoms with Crippen LogP contribution < -0.4 is 9.62 Å². The van der Waals surface area contributed by atoms with E-state index in [2.05, 4.69) is 10.3 Å². The number of aromatic nitrogens is 1. The van der Waals surface area contributed by atoms with Gasteiger partial charge in [0.05, 0.1) is 40.4 Å². The highest BCUT2D eigenvalue weighted by Crippen LogP contribution is 2.59. The first-order valence-electron chi connectivity index (χ1n) is 13.4. The lowest BCUT2D eigenvalue weighted by Crippen LogP contribution is -2.52. The second kappa shape index (κ2) is 9.66. The van der Waals surface area contributed by atoms with Gasteiger partial charge < -0.3 is 5.32 Å². The maximum Gasteiger partial charge on any atom is 0.264 e. The summed E-state index contributed by atoms with van der Waals surface area (Å²) in [5, 5.41) is 2.91. The Morgan fingerprint density at radius 2 is 1.80 bits per heavy atom. The minimum Gasteiger partial charge on any atom is -0.346 e. The maximum atomic E-state index is 14.1. The quantitative estimate of drug-likeness (QED) is 0.471. The van der Waals surface area contributed by atoms with Gasteiger partial charge >= 0.3 is 0 Å². The van der Waals surface area contributed by atoms with Crippen LogP contribution in [0.15, 0.2) is 65.7 Å². The molecule has 2 aromatic carbocycles. The number of rotatable bonds is 6. The number of pyridine rings is 1. The number of nitrogens with one attached hydrogen (secondary N) is 1. The Bertz CT molecular complexity index is 1690. The summed E-state index contributed by atoms with van der Waals surface area (Å²) >= 11 is 0. The van der Waals surface area contributed by atoms with Gasteiger partial charge in [0.2, 0.25) is 0 Å². The van der Waals surface area contributed by atoms with Crippen LogP contribution in [0.25, 0.3) is 0 Å². The van der Waals surface area contributed by atoms with Crippen LogP contribution in [0.1, 0.15) is 52.9 Å². The number of carbonyl (C=O) groups is 1. The summed E-state index contributed by atoms with van der Waals surface area (Å²) in [4.78, 5) is 17.6. The van der Waals surface area contributed by atoms with Crippen molar-refractivity contribution < 1.29 is 26.0 Å². The molecule has 1 saturated heterocycles. The van der Waals surface area contributed by atoms with E-state index in [1.54, 1.807) is 24.4 Å². The molecule has 6 rings (SSSR count). The van der Waals surface area contributed by atoms with E-state index in [1.807, 2.05) is 19.1 Å². The van der Waals surface area contributed by atoms with Gasteiger partial charge in [0.25, 0.3) is 15.9 Å². The van der Waals surface area contributed by atoms with Crippen molar-refractivity contribution in [1.29, 1.82) is 0 Å². The fraction of sp³-hybridized carbons (Fsp3) is 0.379. The first kappa shape index (κ1) is 26.9. The molecule has 0 radical (unpaired) electrons. The average molecular weight is 584 g/mol. The highest BCUT2D eigenvalue weighted by molar-refractivity contribution is 7.93. The van der Waals surface area contributed by atoms with Crippen molar-refractivity contribution in [1.82, 2.24) is 10.3 Å². The number of hydrogen-bond acceptors (Lipinski definition) is 6. The van der Waals surface area contributed by atoms with Crippen LogP contribution in [0.3, 0.4) is 0 Å². The first-order chi connectivity index (χ1) is 19.0. The molecule has 11 heteroatoms. The number of sulfone groups is 1. The summed E-state index contributed by atoms with van der Waals surface area (Å²) in [6.45, 7) is 2.15. The van der Waals surface area contributed by atoms with E-state index in [0.29, 0.717) is 16.8 Å². The van der Waals surface area contributed by atoms with Crippen molar-refractivity contribution >= 4 is 31.5 Å². The molecule has 2 aliphatic heterocycles. The zero-order valence-corrected chi connectivity index (χ0v) is 23.6. The standard InChI is InChI=1S/C29H30FN3O5S2/c1-19-3-2-14-31-25(19)18-32-28(34)21-6-11-26-24(17-21)29(12-15-39(35,36)16-13-29)27(20-4-5-20)33(26)40(37,38)23-9-7-22(30)8-10-23/h2-3,6-11,14,17,20,27H,4-5,12-13,15-16,18H2,1H3,(H,32,34). The van der Waals surface area contributed by atoms with Crippen molar-refractivity contribution in [2.24, 2.45) is 5.92 Å². The van der Waals surface area contributed by atoms with Gasteiger partial charge in [0, 0.05) is 17.2 Å². The van der Waals surface area contributed by atoms with Gasteiger partial charge in [0.1, 0.15) is 15.7 Å². The second-order valence-electron chi connectivity index (χ2n) is 11.0. The molecular weight excluding hydrogens is 553 g/mol. The molecule has 40 heavy (non-hydrogen) atoms. The molecule has 3 aromatic rings. The number of hydrogen-bond donors (Lipinski definition) is 1. The fourth-order valence-corrected chi connectivity index (χ4v) is 9.65. The molecule has 1 saturated carbocycles. The summed E-state index contributed by atoms with van der Waals surface area (Å²) in [5.41, 5.74) is 2.47. The number of amides is 1. The van der Waals surface area contributed by atoms with E-state index in [9.17, 15) is 26.0 Å². The number of benzene rings is 2. The van der Waals surface area contributed by atoms with Crippen molar-refractivity contribution in [2.45, 2.75) is 55.5 Å². The predicted octanol–water partition coefficient (Wildman–Crippen LogP) is 3.89. The molecule has 1 aliphatic carbocycles. The van der Waals surface area contributed by atoms with Crippen molar-refractivity contribution in [3.8, 4) is 0 Å². The lowest BCUT2D eigenvalue weighted by molar-refractivity contribution is 0.0950. The number of carbonyl (C=O) groups excluding carboxylic acids is 1. The predicted molar refractivity (Wildman–Crippen MR) is 149 cm³/mol. The number of anilines is 1. The molecular formula is C29H30FN3O5S2. The summed E-state index contributed by atoms with van der Waals surface area (Å²) in [7, 11) is -7.36. The van der Waals surface area contributed by atoms with Crippen molar-refractivity contribution in [3.05, 3.63) is 89.0 Å². The number of aryl methyl sites for hydroxylation is 1. The molecule has 8 nitrogen and oxygen atoms in total. The van der Waals surface area contributed by atoms with E-state index >= 15 is 0 Å². The Balaban J connectivity index is 1.43. The van der Waals surface area contributed by atoms with Gasteiger partial charge in [-0.1, -0.05) is 6.07 Å². The smallest absolute Gasteiger partial charge is 0.264 e. The van der Waals surface area contributed by atoms with Crippen LogP contribution in [0, 0.1) is 18.7 Å². The van der Waals surface area contributed by atoms with Crippen LogP contribution in [0.5, 0.6) is 0 Å². The van der Waals surface area contributed by atoms with E-state index in [1.165, 1.54) is 16.4 Å². The minimum absolute atomic E-state index is 0.0291. The van der Waals surface area contributed by atoms with Crippen molar-refractivity contribution in [3.63, 3.8) is 0 Å². The summed E-state index contributed by atoms with van der Waals surface area (Å²) < 4.78 is 68.4. The third-order valence-electron chi connectivity index (χ3n) is 8.54. The molecule has 2 fully saturated rings. The highest BCUT2D eigenvalue weighted by Gasteiger charge is 2.60. The molecule has 1 atom stereocenters. The Hall–Kier alpha value is -3.31. The fourth-order valence-electron chi connectivity index (χ4n) is 6.29. The maximum absolute atomic E-state index is 14.1. The van der Waals surface area contributed by atoms with Gasteiger partial charge in [-0.05, 0) is 98.2 Å². The SMILES string of the molecule is Cc1cccnc1CNC(=O)c1ccc2c(c1)C1(CCS(=O)(=O)CC1)C(C1CC1)N2S(=O)(=O)c1ccc(F)cc1. The Labute approximate surface area is 233 Å². The van der Waals surface area contributed by atoms with Gasteiger partial charge in [-0.3, -0.25) is 14.1 Å². The average Bonchev–Trinajstić information content (AvgIpc) is 3.73. The largest absolute Gasteiger partial charge is 0.346 e. The highest BCUT2D eigenvalue weighted by atomic mass is 32.2. The normalized spacial score (nSPS) is 21.2. The molecule has 1 spiro atoms. The molecule has 3 heterocycles. The van der Waals surface area contributed by atoms with Gasteiger partial charge in [-0.2, -0.15) is 0 Å². The third-order valence-corrected chi connectivity index (χ3v) is 12.0. The van der Waals surface area contributed by atoms with Crippen LogP contribution in [0.2, 0.25) is 0 Å². The van der Waals surface area contributed by atoms with Gasteiger partial charge in [-0.15, -0.1) is 0 Å². The van der Waals surface area contributed by atoms with Gasteiger partial charge in [-0.25, -0.2) is 21.2 Å². The third kappa shape index (κ3) is 4.58. The van der Waals surface area contributed by atoms with Crippen LogP contribution in [0.4, 0.5) is 10.1 Å². The Morgan fingerprint density at radius 3 is 2.45 bits per heavy atom. The monoisotopic (exact) mass is 583 g/mol. The van der Waals surface area contributed by atoms with E-state index in [0.717, 1.165) is 36.2 Å². The Morgan fingerprint density at radius 1 is 1.10 bits per heavy atom. The van der Waals surface area contributed by atoms with Crippen LogP contribution in [-0.2, 0) is 31.8 Å². The summed E-state index contributed by atoms with van der Waals surface area (Å²) in [5.74, 6) is -0.891. The molecule has 1 aromatic heterocycles. The van der Waals surface area contributed by atoms with Crippen LogP contribution in [-0.4, -0.2) is 45.3 Å². The zero-order chi connectivity index (χ0) is 28.3. The second-order valence-corrected chi connectivity index (χ2v) is 15.1. The topological polar surface area (TPSA) is 114 Å². The first-order valence-corrected chi connectivity index (χ1v) is 16.6. The molecule has 210 valence electrons. The molecule has 1 N–H and O–H groups in total. The molecule has 3 aliphatic rings. The van der Waals surface area contributed by atoms with E-state index in [4.69, 9.17) is 0 Å². The van der Waals surface area contributed by atoms with Gasteiger partial charge in [0.15, 0.2) is 0 Å². The number of nitrogens with zero attached hydrogens (tertiary/aromatic N) is 2. The van der Waals surface area contributed by atoms with E-state index < -0.39 is 37.1 Å². The van der Waals surface area contributed by atoms with Crippen LogP contribution >= 0.6 is 0 Å². The molecule has 0 bridgehead atoms. The molecule has 1 unspecified atom stereocenters. The number of sulfonamides is 1. The molecule has 1 amide bonds.